The van der Waals surface area contributed by atoms with Crippen LogP contribution in [0.15, 0.2) is 21.9 Å². The van der Waals surface area contributed by atoms with Crippen molar-refractivity contribution in [3.63, 3.8) is 0 Å². The monoisotopic (exact) mass is 492 g/mol. The molecule has 0 radical (unpaired) electrons. The van der Waals surface area contributed by atoms with E-state index >= 15 is 0 Å². The van der Waals surface area contributed by atoms with Gasteiger partial charge in [-0.3, -0.25) is 18.7 Å². The normalized spacial score (nSPS) is 15.6. The third-order valence-electron chi connectivity index (χ3n) is 6.45. The topological polar surface area (TPSA) is 124 Å². The van der Waals surface area contributed by atoms with Crippen molar-refractivity contribution in [1.82, 2.24) is 28.6 Å². The minimum Gasteiger partial charge on any atom is -0.356 e. The highest BCUT2D eigenvalue weighted by Gasteiger charge is 2.33. The number of amides is 1. The summed E-state index contributed by atoms with van der Waals surface area (Å²) in [6.45, 7) is 4.84. The summed E-state index contributed by atoms with van der Waals surface area (Å²) in [7, 11) is 4.88. The highest BCUT2D eigenvalue weighted by Crippen LogP contribution is 2.33. The van der Waals surface area contributed by atoms with Gasteiger partial charge in [-0.25, -0.2) is 14.8 Å². The first-order valence-electron chi connectivity index (χ1n) is 11.9. The van der Waals surface area contributed by atoms with Gasteiger partial charge < -0.3 is 20.1 Å². The Morgan fingerprint density at radius 2 is 2.00 bits per heavy atom. The third kappa shape index (κ3) is 4.40. The predicted octanol–water partition coefficient (Wildman–Crippen LogP) is 0.301. The molecule has 0 aliphatic carbocycles. The zero-order chi connectivity index (χ0) is 26.1. The lowest BCUT2D eigenvalue weighted by Crippen LogP contribution is -2.44. The third-order valence-corrected chi connectivity index (χ3v) is 6.45. The van der Waals surface area contributed by atoms with Crippen molar-refractivity contribution < 1.29 is 4.79 Å². The highest BCUT2D eigenvalue weighted by atomic mass is 16.2. The van der Waals surface area contributed by atoms with E-state index in [9.17, 15) is 14.4 Å². The number of hydrogen-bond donors (Lipinski definition) is 1. The van der Waals surface area contributed by atoms with Gasteiger partial charge in [0.05, 0.1) is 18.6 Å². The Kier molecular flexibility index (Phi) is 6.99. The largest absolute Gasteiger partial charge is 0.356 e. The molecule has 0 aromatic carbocycles. The molecule has 4 heterocycles. The summed E-state index contributed by atoms with van der Waals surface area (Å²) in [5.41, 5.74) is 6.79. The van der Waals surface area contributed by atoms with Crippen LogP contribution in [0.5, 0.6) is 0 Å². The Morgan fingerprint density at radius 1 is 1.25 bits per heavy atom. The van der Waals surface area contributed by atoms with E-state index in [0.717, 1.165) is 23.1 Å². The molecule has 0 unspecified atom stereocenters. The van der Waals surface area contributed by atoms with Crippen LogP contribution in [0.3, 0.4) is 0 Å². The standard InChI is InChI=1S/C25H32N8O3/c1-6-7-13-32-21-20(19(23(34)29(3)4)22(32)31-12-8-9-17(26)14-31)30(5)25(36)33(24(21)35)15-18-27-11-10-16(2)28-18/h10-11,17H,8-9,12-15,26H2,1-5H3/t17-/m1/s1. The van der Waals surface area contributed by atoms with E-state index in [4.69, 9.17) is 5.73 Å². The molecule has 3 aromatic rings. The molecule has 1 amide bonds. The second-order valence-corrected chi connectivity index (χ2v) is 9.30. The number of nitrogens with zero attached hydrogens (tertiary/aromatic N) is 7. The molecule has 0 bridgehead atoms. The van der Waals surface area contributed by atoms with E-state index in [1.165, 1.54) is 9.47 Å². The number of fused-ring (bicyclic) bond motifs is 1. The summed E-state index contributed by atoms with van der Waals surface area (Å²) in [5, 5.41) is 0. The van der Waals surface area contributed by atoms with Crippen LogP contribution in [-0.2, 0) is 20.1 Å². The zero-order valence-corrected chi connectivity index (χ0v) is 21.4. The number of piperidine rings is 1. The van der Waals surface area contributed by atoms with Gasteiger partial charge in [-0.15, -0.1) is 5.92 Å². The second kappa shape index (κ2) is 9.99. The molecule has 0 spiro atoms. The first-order valence-corrected chi connectivity index (χ1v) is 11.9. The average molecular weight is 493 g/mol. The van der Waals surface area contributed by atoms with Gasteiger partial charge >= 0.3 is 5.69 Å². The van der Waals surface area contributed by atoms with Crippen LogP contribution >= 0.6 is 0 Å². The summed E-state index contributed by atoms with van der Waals surface area (Å²) in [4.78, 5) is 53.0. The molecule has 11 heteroatoms. The van der Waals surface area contributed by atoms with Gasteiger partial charge in [-0.2, -0.15) is 0 Å². The lowest BCUT2D eigenvalue weighted by atomic mass is 10.1. The summed E-state index contributed by atoms with van der Waals surface area (Å²) in [5.74, 6) is 6.54. The fourth-order valence-corrected chi connectivity index (χ4v) is 4.75. The summed E-state index contributed by atoms with van der Waals surface area (Å²) < 4.78 is 4.24. The molecule has 190 valence electrons. The Balaban J connectivity index is 2.10. The number of carbonyl (C=O) groups excluding carboxylic acids is 1. The maximum Gasteiger partial charge on any atom is 0.331 e. The lowest BCUT2D eigenvalue weighted by Gasteiger charge is -2.34. The minimum absolute atomic E-state index is 0.0660. The van der Waals surface area contributed by atoms with Gasteiger partial charge in [-0.05, 0) is 32.8 Å². The molecular weight excluding hydrogens is 460 g/mol. The Bertz CT molecular complexity index is 1500. The van der Waals surface area contributed by atoms with Gasteiger partial charge in [0.15, 0.2) is 0 Å². The number of aryl methyl sites for hydroxylation is 2. The molecule has 3 aromatic heterocycles. The van der Waals surface area contributed by atoms with E-state index in [0.29, 0.717) is 30.3 Å². The van der Waals surface area contributed by atoms with Gasteiger partial charge in [0, 0.05) is 52.2 Å². The van der Waals surface area contributed by atoms with E-state index in [-0.39, 0.29) is 36.1 Å². The van der Waals surface area contributed by atoms with Crippen molar-refractivity contribution in [2.24, 2.45) is 12.8 Å². The molecule has 1 aliphatic heterocycles. The molecule has 4 rings (SSSR count). The molecule has 0 saturated carbocycles. The molecule has 1 aliphatic rings. The minimum atomic E-state index is -0.550. The molecule has 1 atom stereocenters. The Hall–Kier alpha value is -3.91. The summed E-state index contributed by atoms with van der Waals surface area (Å²) in [6.07, 6.45) is 3.33. The van der Waals surface area contributed by atoms with Gasteiger partial charge in [0.25, 0.3) is 11.5 Å². The van der Waals surface area contributed by atoms with Gasteiger partial charge in [0.2, 0.25) is 0 Å². The highest BCUT2D eigenvalue weighted by molar-refractivity contribution is 6.10. The van der Waals surface area contributed by atoms with Crippen molar-refractivity contribution in [2.45, 2.75) is 45.8 Å². The number of hydrogen-bond acceptors (Lipinski definition) is 7. The maximum atomic E-state index is 13.9. The molecule has 1 saturated heterocycles. The van der Waals surface area contributed by atoms with Crippen LogP contribution < -0.4 is 21.9 Å². The van der Waals surface area contributed by atoms with Crippen molar-refractivity contribution >= 4 is 22.8 Å². The van der Waals surface area contributed by atoms with Crippen molar-refractivity contribution in [1.29, 1.82) is 0 Å². The number of carbonyl (C=O) groups is 1. The van der Waals surface area contributed by atoms with Crippen LogP contribution in [0.2, 0.25) is 0 Å². The molecular formula is C25H32N8O3. The SMILES string of the molecule is CC#CCn1c(N2CCC[C@@H](N)C2)c(C(=O)N(C)C)c2c1c(=O)n(Cc1nccc(C)n1)c(=O)n2C. The molecule has 11 nitrogen and oxygen atoms in total. The zero-order valence-electron chi connectivity index (χ0n) is 21.4. The fourth-order valence-electron chi connectivity index (χ4n) is 4.75. The second-order valence-electron chi connectivity index (χ2n) is 9.30. The van der Waals surface area contributed by atoms with Crippen LogP contribution in [0.1, 0.15) is 41.6 Å². The van der Waals surface area contributed by atoms with E-state index in [1.54, 1.807) is 44.9 Å². The summed E-state index contributed by atoms with van der Waals surface area (Å²) >= 11 is 0. The predicted molar refractivity (Wildman–Crippen MR) is 138 cm³/mol. The van der Waals surface area contributed by atoms with E-state index in [2.05, 4.69) is 21.8 Å². The quantitative estimate of drug-likeness (QED) is 0.508. The van der Waals surface area contributed by atoms with Crippen LogP contribution in [0, 0.1) is 18.8 Å². The average Bonchev–Trinajstić information content (AvgIpc) is 3.18. The van der Waals surface area contributed by atoms with Crippen molar-refractivity contribution in [3.05, 3.63) is 50.2 Å². The van der Waals surface area contributed by atoms with Crippen LogP contribution in [0.25, 0.3) is 11.0 Å². The molecule has 1 fully saturated rings. The lowest BCUT2D eigenvalue weighted by molar-refractivity contribution is 0.0829. The molecule has 36 heavy (non-hydrogen) atoms. The smallest absolute Gasteiger partial charge is 0.331 e. The summed E-state index contributed by atoms with van der Waals surface area (Å²) in [6, 6.07) is 1.68. The van der Waals surface area contributed by atoms with E-state index in [1.807, 2.05) is 11.8 Å². The van der Waals surface area contributed by atoms with Gasteiger partial charge in [-0.1, -0.05) is 5.92 Å². The van der Waals surface area contributed by atoms with Gasteiger partial charge in [0.1, 0.15) is 22.7 Å². The Labute approximate surface area is 209 Å². The van der Waals surface area contributed by atoms with Crippen LogP contribution in [-0.4, -0.2) is 67.7 Å². The van der Waals surface area contributed by atoms with Crippen molar-refractivity contribution in [2.75, 3.05) is 32.1 Å². The number of rotatable bonds is 5. The van der Waals surface area contributed by atoms with Crippen LogP contribution in [0.4, 0.5) is 5.82 Å². The van der Waals surface area contributed by atoms with E-state index < -0.39 is 11.2 Å². The fraction of sp³-hybridized carbons (Fsp3) is 0.480. The maximum absolute atomic E-state index is 13.9. The first kappa shape index (κ1) is 25.2. The van der Waals surface area contributed by atoms with Crippen molar-refractivity contribution in [3.8, 4) is 11.8 Å². The Morgan fingerprint density at radius 3 is 2.64 bits per heavy atom. The number of anilines is 1. The molecule has 2 N–H and O–H groups in total. The number of aromatic nitrogens is 5. The first-order chi connectivity index (χ1) is 17.1. The number of nitrogens with two attached hydrogens (primary N) is 1.